The van der Waals surface area contributed by atoms with Crippen molar-refractivity contribution in [3.05, 3.63) is 11.9 Å². The smallest absolute Gasteiger partial charge is 0.0551 e. The van der Waals surface area contributed by atoms with Gasteiger partial charge >= 0.3 is 0 Å². The monoisotopic (exact) mass is 166 g/mol. The fraction of sp³-hybridized carbons (Fsp3) is 0.600. The van der Waals surface area contributed by atoms with Gasteiger partial charge in [-0.15, -0.1) is 0 Å². The molecule has 68 valence electrons. The van der Waals surface area contributed by atoms with Gasteiger partial charge in [0.2, 0.25) is 0 Å². The van der Waals surface area contributed by atoms with E-state index < -0.39 is 0 Å². The fourth-order valence-electron chi connectivity index (χ4n) is 0.672. The molecule has 0 atom stereocenters. The predicted molar refractivity (Wildman–Crippen MR) is 55.9 cm³/mol. The molecular weight excluding hydrogens is 148 g/mol. The van der Waals surface area contributed by atoms with Crippen molar-refractivity contribution in [2.75, 3.05) is 0 Å². The third-order valence-electron chi connectivity index (χ3n) is 1.27. The number of hydrogen-bond acceptors (Lipinski definition) is 2. The summed E-state index contributed by atoms with van der Waals surface area (Å²) >= 11 is 0. The van der Waals surface area contributed by atoms with E-state index in [1.54, 1.807) is 6.20 Å². The highest BCUT2D eigenvalue weighted by Gasteiger charge is 2.11. The summed E-state index contributed by atoms with van der Waals surface area (Å²) in [5.74, 6) is 0. The van der Waals surface area contributed by atoms with E-state index in [4.69, 9.17) is 0 Å². The lowest BCUT2D eigenvalue weighted by molar-refractivity contribution is 0.766. The molecule has 0 unspecified atom stereocenters. The van der Waals surface area contributed by atoms with Crippen LogP contribution in [0.5, 0.6) is 0 Å². The van der Waals surface area contributed by atoms with Crippen LogP contribution < -0.4 is 0 Å². The first-order valence-electron chi connectivity index (χ1n) is 4.36. The molecule has 1 heterocycles. The van der Waals surface area contributed by atoms with Crippen LogP contribution in [0.2, 0.25) is 0 Å². The van der Waals surface area contributed by atoms with E-state index >= 15 is 0 Å². The summed E-state index contributed by atoms with van der Waals surface area (Å²) in [5.41, 5.74) is 0.968. The summed E-state index contributed by atoms with van der Waals surface area (Å²) in [6.07, 6.45) is 5.58. The molecule has 1 aliphatic rings. The van der Waals surface area contributed by atoms with Gasteiger partial charge in [0.25, 0.3) is 0 Å². The zero-order valence-electron chi connectivity index (χ0n) is 8.63. The number of aliphatic imine (C=N–C) groups is 2. The minimum atomic E-state index is 0.00819. The molecule has 12 heavy (non-hydrogen) atoms. The number of hydrogen-bond donors (Lipinski definition) is 0. The Labute approximate surface area is 75.1 Å². The topological polar surface area (TPSA) is 24.7 Å². The van der Waals surface area contributed by atoms with Crippen molar-refractivity contribution < 1.29 is 0 Å². The van der Waals surface area contributed by atoms with Crippen LogP contribution in [0.4, 0.5) is 0 Å². The second-order valence-corrected chi connectivity index (χ2v) is 3.13. The minimum absolute atomic E-state index is 0.00819. The molecule has 0 aromatic rings. The van der Waals surface area contributed by atoms with Gasteiger partial charge in [-0.3, -0.25) is 9.98 Å². The molecule has 1 rings (SSSR count). The SMILES string of the molecule is CC.CC1=CN=CC(C)(C)C=N1. The molecule has 0 bridgehead atoms. The van der Waals surface area contributed by atoms with E-state index in [-0.39, 0.29) is 5.41 Å². The van der Waals surface area contributed by atoms with Crippen LogP contribution in [-0.2, 0) is 0 Å². The van der Waals surface area contributed by atoms with Crippen molar-refractivity contribution in [3.8, 4) is 0 Å². The van der Waals surface area contributed by atoms with Crippen LogP contribution in [0.3, 0.4) is 0 Å². The van der Waals surface area contributed by atoms with Gasteiger partial charge in [-0.1, -0.05) is 13.8 Å². The number of rotatable bonds is 0. The standard InChI is InChI=1S/C8H12N2.C2H6/c1-7-4-9-5-8(2,3)6-10-7;1-2/h4-6H,1-3H3;1-2H3. The zero-order valence-corrected chi connectivity index (χ0v) is 8.63. The molecule has 0 aromatic carbocycles. The highest BCUT2D eigenvalue weighted by Crippen LogP contribution is 2.12. The summed E-state index contributed by atoms with van der Waals surface area (Å²) in [6, 6.07) is 0. The van der Waals surface area contributed by atoms with E-state index in [1.165, 1.54) is 0 Å². The van der Waals surface area contributed by atoms with Crippen molar-refractivity contribution >= 4 is 12.4 Å². The molecular formula is C10H18N2. The lowest BCUT2D eigenvalue weighted by Gasteiger charge is -2.09. The Morgan fingerprint density at radius 1 is 1.17 bits per heavy atom. The van der Waals surface area contributed by atoms with Gasteiger partial charge in [-0.2, -0.15) is 0 Å². The van der Waals surface area contributed by atoms with E-state index in [0.717, 1.165) is 5.70 Å². The lowest BCUT2D eigenvalue weighted by atomic mass is 9.98. The third kappa shape index (κ3) is 4.06. The molecule has 0 fully saturated rings. The second-order valence-electron chi connectivity index (χ2n) is 3.13. The van der Waals surface area contributed by atoms with Crippen LogP contribution in [-0.4, -0.2) is 12.4 Å². The first-order chi connectivity index (χ1) is 5.60. The molecule has 0 radical (unpaired) electrons. The van der Waals surface area contributed by atoms with Gasteiger partial charge in [-0.25, -0.2) is 0 Å². The zero-order chi connectivity index (χ0) is 9.61. The number of nitrogens with zero attached hydrogens (tertiary/aromatic N) is 2. The maximum Gasteiger partial charge on any atom is 0.0551 e. The number of allylic oxidation sites excluding steroid dienone is 1. The lowest BCUT2D eigenvalue weighted by Crippen LogP contribution is -2.13. The highest BCUT2D eigenvalue weighted by atomic mass is 14.8. The van der Waals surface area contributed by atoms with E-state index in [2.05, 4.69) is 23.8 Å². The van der Waals surface area contributed by atoms with Gasteiger partial charge in [0.05, 0.1) is 5.70 Å². The van der Waals surface area contributed by atoms with E-state index in [1.807, 2.05) is 33.2 Å². The van der Waals surface area contributed by atoms with Crippen LogP contribution >= 0.6 is 0 Å². The van der Waals surface area contributed by atoms with Crippen LogP contribution in [0.1, 0.15) is 34.6 Å². The average molecular weight is 166 g/mol. The molecule has 0 aliphatic carbocycles. The normalized spacial score (nSPS) is 18.9. The summed E-state index contributed by atoms with van der Waals surface area (Å²) in [5, 5.41) is 0. The van der Waals surface area contributed by atoms with Crippen molar-refractivity contribution in [2.24, 2.45) is 15.4 Å². The summed E-state index contributed by atoms with van der Waals surface area (Å²) in [4.78, 5) is 8.28. The van der Waals surface area contributed by atoms with Gasteiger partial charge in [0, 0.05) is 24.0 Å². The maximum atomic E-state index is 4.19. The summed E-state index contributed by atoms with van der Waals surface area (Å²) in [6.45, 7) is 10.1. The molecule has 0 N–H and O–H groups in total. The fourth-order valence-corrected chi connectivity index (χ4v) is 0.672. The summed E-state index contributed by atoms with van der Waals surface area (Å²) in [7, 11) is 0. The summed E-state index contributed by atoms with van der Waals surface area (Å²) < 4.78 is 0. The Morgan fingerprint density at radius 3 is 2.33 bits per heavy atom. The largest absolute Gasteiger partial charge is 0.266 e. The predicted octanol–water partition coefficient (Wildman–Crippen LogP) is 3.06. The molecule has 0 saturated carbocycles. The van der Waals surface area contributed by atoms with Crippen molar-refractivity contribution in [2.45, 2.75) is 34.6 Å². The molecule has 1 aliphatic heterocycles. The Bertz CT molecular complexity index is 210. The Morgan fingerprint density at radius 2 is 1.75 bits per heavy atom. The molecule has 0 amide bonds. The maximum absolute atomic E-state index is 4.19. The second kappa shape index (κ2) is 4.86. The van der Waals surface area contributed by atoms with E-state index in [0.29, 0.717) is 0 Å². The third-order valence-corrected chi connectivity index (χ3v) is 1.27. The Balaban J connectivity index is 0.000000561. The van der Waals surface area contributed by atoms with Crippen LogP contribution in [0.15, 0.2) is 21.9 Å². The molecule has 2 nitrogen and oxygen atoms in total. The van der Waals surface area contributed by atoms with Crippen molar-refractivity contribution in [1.29, 1.82) is 0 Å². The van der Waals surface area contributed by atoms with Crippen LogP contribution in [0, 0.1) is 5.41 Å². The molecule has 0 aromatic heterocycles. The average Bonchev–Trinajstić information content (AvgIpc) is 2.17. The van der Waals surface area contributed by atoms with Gasteiger partial charge < -0.3 is 0 Å². The quantitative estimate of drug-likeness (QED) is 0.528. The minimum Gasteiger partial charge on any atom is -0.266 e. The first kappa shape index (κ1) is 11.1. The van der Waals surface area contributed by atoms with Gasteiger partial charge in [0.1, 0.15) is 0 Å². The molecule has 2 heteroatoms. The van der Waals surface area contributed by atoms with Gasteiger partial charge in [-0.05, 0) is 20.8 Å². The van der Waals surface area contributed by atoms with Crippen molar-refractivity contribution in [1.82, 2.24) is 0 Å². The molecule has 0 saturated heterocycles. The van der Waals surface area contributed by atoms with Crippen molar-refractivity contribution in [3.63, 3.8) is 0 Å². The van der Waals surface area contributed by atoms with Crippen LogP contribution in [0.25, 0.3) is 0 Å². The highest BCUT2D eigenvalue weighted by molar-refractivity contribution is 5.89. The Kier molecular flexibility index (Phi) is 4.49. The Hall–Kier alpha value is -0.920. The van der Waals surface area contributed by atoms with Gasteiger partial charge in [0.15, 0.2) is 0 Å². The van der Waals surface area contributed by atoms with E-state index in [9.17, 15) is 0 Å². The molecule has 0 spiro atoms. The first-order valence-corrected chi connectivity index (χ1v) is 4.36.